The molecule has 0 saturated carbocycles. The van der Waals surface area contributed by atoms with Gasteiger partial charge >= 0.3 is 5.97 Å². The molecule has 1 heterocycles. The summed E-state index contributed by atoms with van der Waals surface area (Å²) in [6.45, 7) is 1.12. The molecule has 4 nitrogen and oxygen atoms in total. The molecule has 0 aliphatic carbocycles. The van der Waals surface area contributed by atoms with Gasteiger partial charge in [0.05, 0.1) is 13.7 Å². The number of rotatable bonds is 4. The fourth-order valence-electron chi connectivity index (χ4n) is 1.04. The van der Waals surface area contributed by atoms with Gasteiger partial charge in [0.2, 0.25) is 0 Å². The van der Waals surface area contributed by atoms with Gasteiger partial charge in [-0.1, -0.05) is 5.92 Å². The standard InChI is InChI=1S/C10H12N2O2/c1-3-6-11-7-8-4-5-9(12-8)10(13)14-2/h1,4-5,11-12H,6-7H2,2H3. The minimum Gasteiger partial charge on any atom is -0.464 e. The lowest BCUT2D eigenvalue weighted by Gasteiger charge is -1.97. The highest BCUT2D eigenvalue weighted by Crippen LogP contribution is 2.02. The summed E-state index contributed by atoms with van der Waals surface area (Å²) >= 11 is 0. The number of nitrogens with one attached hydrogen (secondary N) is 2. The summed E-state index contributed by atoms with van der Waals surface area (Å²) < 4.78 is 4.55. The Morgan fingerprint density at radius 2 is 2.50 bits per heavy atom. The molecule has 4 heteroatoms. The number of hydrogen-bond donors (Lipinski definition) is 2. The van der Waals surface area contributed by atoms with Crippen molar-refractivity contribution < 1.29 is 9.53 Å². The molecule has 0 saturated heterocycles. The first-order valence-corrected chi connectivity index (χ1v) is 4.18. The van der Waals surface area contributed by atoms with Crippen LogP contribution in [0.1, 0.15) is 16.2 Å². The van der Waals surface area contributed by atoms with Crippen molar-refractivity contribution in [3.63, 3.8) is 0 Å². The third-order valence-corrected chi connectivity index (χ3v) is 1.69. The van der Waals surface area contributed by atoms with Crippen LogP contribution >= 0.6 is 0 Å². The van der Waals surface area contributed by atoms with Crippen molar-refractivity contribution in [2.75, 3.05) is 13.7 Å². The number of terminal acetylenes is 1. The number of esters is 1. The molecular weight excluding hydrogens is 180 g/mol. The number of hydrogen-bond acceptors (Lipinski definition) is 3. The van der Waals surface area contributed by atoms with E-state index in [2.05, 4.69) is 21.0 Å². The Balaban J connectivity index is 2.51. The number of ether oxygens (including phenoxy) is 1. The van der Waals surface area contributed by atoms with Crippen molar-refractivity contribution in [3.8, 4) is 12.3 Å². The fourth-order valence-corrected chi connectivity index (χ4v) is 1.04. The highest BCUT2D eigenvalue weighted by atomic mass is 16.5. The zero-order chi connectivity index (χ0) is 10.4. The molecule has 0 aliphatic rings. The third kappa shape index (κ3) is 2.64. The van der Waals surface area contributed by atoms with Crippen LogP contribution in [0.15, 0.2) is 12.1 Å². The van der Waals surface area contributed by atoms with Crippen molar-refractivity contribution in [1.29, 1.82) is 0 Å². The molecule has 1 rings (SSSR count). The van der Waals surface area contributed by atoms with Crippen LogP contribution in [0, 0.1) is 12.3 Å². The minimum absolute atomic E-state index is 0.367. The quantitative estimate of drug-likeness (QED) is 0.415. The van der Waals surface area contributed by atoms with Gasteiger partial charge in [-0.2, -0.15) is 0 Å². The van der Waals surface area contributed by atoms with Crippen molar-refractivity contribution in [2.24, 2.45) is 0 Å². The van der Waals surface area contributed by atoms with E-state index in [-0.39, 0.29) is 5.97 Å². The largest absolute Gasteiger partial charge is 0.464 e. The molecule has 0 atom stereocenters. The summed E-state index contributed by atoms with van der Waals surface area (Å²) in [6, 6.07) is 3.49. The van der Waals surface area contributed by atoms with Crippen LogP contribution in [-0.2, 0) is 11.3 Å². The number of methoxy groups -OCH3 is 1. The molecule has 0 amide bonds. The van der Waals surface area contributed by atoms with Crippen molar-refractivity contribution >= 4 is 5.97 Å². The average molecular weight is 192 g/mol. The Kier molecular flexibility index (Phi) is 3.77. The van der Waals surface area contributed by atoms with Gasteiger partial charge in [-0.25, -0.2) is 4.79 Å². The average Bonchev–Trinajstić information content (AvgIpc) is 2.66. The Labute approximate surface area is 82.7 Å². The molecule has 0 unspecified atom stereocenters. The second-order valence-corrected chi connectivity index (χ2v) is 2.70. The summed E-state index contributed by atoms with van der Waals surface area (Å²) in [6.07, 6.45) is 5.07. The number of carbonyl (C=O) groups excluding carboxylic acids is 1. The number of aromatic nitrogens is 1. The van der Waals surface area contributed by atoms with E-state index in [0.29, 0.717) is 18.8 Å². The van der Waals surface area contributed by atoms with E-state index < -0.39 is 0 Å². The Hall–Kier alpha value is -1.73. The molecule has 2 N–H and O–H groups in total. The number of H-pyrrole nitrogens is 1. The van der Waals surface area contributed by atoms with Crippen LogP contribution in [0.3, 0.4) is 0 Å². The summed E-state index contributed by atoms with van der Waals surface area (Å²) in [5, 5.41) is 3.00. The SMILES string of the molecule is C#CCNCc1ccc(C(=O)OC)[nH]1. The highest BCUT2D eigenvalue weighted by molar-refractivity contribution is 5.87. The van der Waals surface area contributed by atoms with Crippen molar-refractivity contribution in [1.82, 2.24) is 10.3 Å². The second-order valence-electron chi connectivity index (χ2n) is 2.70. The maximum Gasteiger partial charge on any atom is 0.354 e. The fraction of sp³-hybridized carbons (Fsp3) is 0.300. The van der Waals surface area contributed by atoms with Crippen LogP contribution in [-0.4, -0.2) is 24.6 Å². The van der Waals surface area contributed by atoms with Crippen LogP contribution in [0.5, 0.6) is 0 Å². The molecule has 0 radical (unpaired) electrons. The van der Waals surface area contributed by atoms with Gasteiger partial charge in [0, 0.05) is 12.2 Å². The predicted octanol–water partition coefficient (Wildman–Crippen LogP) is 0.524. The minimum atomic E-state index is -0.367. The topological polar surface area (TPSA) is 54.1 Å². The summed E-state index contributed by atoms with van der Waals surface area (Å²) in [5.74, 6) is 2.09. The number of carbonyl (C=O) groups is 1. The van der Waals surface area contributed by atoms with Crippen LogP contribution in [0.2, 0.25) is 0 Å². The maximum atomic E-state index is 11.1. The van der Waals surface area contributed by atoms with Gasteiger partial charge in [-0.3, -0.25) is 0 Å². The Bertz CT molecular complexity index is 349. The first-order valence-electron chi connectivity index (χ1n) is 4.18. The van der Waals surface area contributed by atoms with E-state index in [1.807, 2.05) is 6.07 Å². The highest BCUT2D eigenvalue weighted by Gasteiger charge is 2.06. The van der Waals surface area contributed by atoms with Crippen LogP contribution in [0.25, 0.3) is 0 Å². The van der Waals surface area contributed by atoms with Gasteiger partial charge in [0.1, 0.15) is 5.69 Å². The van der Waals surface area contributed by atoms with Gasteiger partial charge in [-0.05, 0) is 12.1 Å². The third-order valence-electron chi connectivity index (χ3n) is 1.69. The first-order chi connectivity index (χ1) is 6.77. The lowest BCUT2D eigenvalue weighted by Crippen LogP contribution is -2.13. The maximum absolute atomic E-state index is 11.1. The molecule has 0 spiro atoms. The summed E-state index contributed by atoms with van der Waals surface area (Å²) in [5.41, 5.74) is 1.35. The van der Waals surface area contributed by atoms with Crippen LogP contribution in [0.4, 0.5) is 0 Å². The zero-order valence-corrected chi connectivity index (χ0v) is 7.96. The normalized spacial score (nSPS) is 9.43. The van der Waals surface area contributed by atoms with Crippen LogP contribution < -0.4 is 5.32 Å². The molecule has 14 heavy (non-hydrogen) atoms. The van der Waals surface area contributed by atoms with Gasteiger partial charge in [-0.15, -0.1) is 6.42 Å². The molecule has 74 valence electrons. The van der Waals surface area contributed by atoms with E-state index >= 15 is 0 Å². The van der Waals surface area contributed by atoms with E-state index in [0.717, 1.165) is 5.69 Å². The first kappa shape index (κ1) is 10.4. The molecule has 0 aliphatic heterocycles. The van der Waals surface area contributed by atoms with Crippen molar-refractivity contribution in [3.05, 3.63) is 23.5 Å². The second kappa shape index (κ2) is 5.10. The molecule has 0 aromatic carbocycles. The molecule has 1 aromatic rings. The Morgan fingerprint density at radius 3 is 3.14 bits per heavy atom. The number of aromatic amines is 1. The Morgan fingerprint density at radius 1 is 1.71 bits per heavy atom. The lowest BCUT2D eigenvalue weighted by atomic mass is 10.4. The van der Waals surface area contributed by atoms with E-state index in [9.17, 15) is 4.79 Å². The zero-order valence-electron chi connectivity index (χ0n) is 7.96. The molecule has 0 fully saturated rings. The summed E-state index contributed by atoms with van der Waals surface area (Å²) in [7, 11) is 1.35. The molecule has 0 bridgehead atoms. The van der Waals surface area contributed by atoms with Crippen molar-refractivity contribution in [2.45, 2.75) is 6.54 Å². The van der Waals surface area contributed by atoms with Gasteiger partial charge in [0.15, 0.2) is 0 Å². The smallest absolute Gasteiger partial charge is 0.354 e. The lowest BCUT2D eigenvalue weighted by molar-refractivity contribution is 0.0594. The monoisotopic (exact) mass is 192 g/mol. The molecular formula is C10H12N2O2. The van der Waals surface area contributed by atoms with E-state index in [1.54, 1.807) is 6.07 Å². The van der Waals surface area contributed by atoms with Gasteiger partial charge in [0.25, 0.3) is 0 Å². The predicted molar refractivity (Wildman–Crippen MR) is 52.7 cm³/mol. The van der Waals surface area contributed by atoms with E-state index in [4.69, 9.17) is 6.42 Å². The summed E-state index contributed by atoms with van der Waals surface area (Å²) in [4.78, 5) is 14.0. The van der Waals surface area contributed by atoms with E-state index in [1.165, 1.54) is 7.11 Å². The van der Waals surface area contributed by atoms with Gasteiger partial charge < -0.3 is 15.0 Å². The molecule has 1 aromatic heterocycles.